The third-order valence-corrected chi connectivity index (χ3v) is 2.70. The van der Waals surface area contributed by atoms with Crippen molar-refractivity contribution in [3.05, 3.63) is 29.7 Å². The number of pyridine rings is 1. The quantitative estimate of drug-likeness (QED) is 0.807. The van der Waals surface area contributed by atoms with E-state index in [0.29, 0.717) is 5.82 Å². The number of nitrogens with two attached hydrogens (primary N) is 1. The molecule has 2 aromatic heterocycles. The Labute approximate surface area is 99.3 Å². The van der Waals surface area contributed by atoms with Crippen LogP contribution in [0.25, 0.3) is 11.1 Å². The minimum atomic E-state index is 0.271. The van der Waals surface area contributed by atoms with Crippen molar-refractivity contribution < 1.29 is 4.79 Å². The summed E-state index contributed by atoms with van der Waals surface area (Å²) in [5, 5.41) is 4.33. The van der Waals surface area contributed by atoms with E-state index >= 15 is 0 Å². The topological polar surface area (TPSA) is 73.8 Å². The molecule has 88 valence electrons. The molecule has 0 atom stereocenters. The van der Waals surface area contributed by atoms with Gasteiger partial charge in [0.15, 0.2) is 0 Å². The zero-order valence-electron chi connectivity index (χ0n) is 9.84. The fraction of sp³-hybridized carbons (Fsp3) is 0.250. The molecule has 0 saturated heterocycles. The van der Waals surface area contributed by atoms with Crippen LogP contribution in [0.2, 0.25) is 0 Å². The van der Waals surface area contributed by atoms with Gasteiger partial charge in [0.2, 0.25) is 0 Å². The number of rotatable bonds is 3. The van der Waals surface area contributed by atoms with Crippen LogP contribution in [-0.2, 0) is 11.3 Å². The number of anilines is 1. The number of hydrogen-bond donors (Lipinski definition) is 1. The maximum Gasteiger partial charge on any atom is 0.141 e. The monoisotopic (exact) mass is 230 g/mol. The van der Waals surface area contributed by atoms with Crippen LogP contribution in [0.4, 0.5) is 5.82 Å². The molecule has 0 radical (unpaired) electrons. The van der Waals surface area contributed by atoms with E-state index in [1.807, 2.05) is 26.0 Å². The smallest absolute Gasteiger partial charge is 0.141 e. The summed E-state index contributed by atoms with van der Waals surface area (Å²) in [4.78, 5) is 14.5. The van der Waals surface area contributed by atoms with Gasteiger partial charge in [-0.05, 0) is 31.5 Å². The summed E-state index contributed by atoms with van der Waals surface area (Å²) in [6.45, 7) is 4.13. The summed E-state index contributed by atoms with van der Waals surface area (Å²) >= 11 is 0. The lowest BCUT2D eigenvalue weighted by Gasteiger charge is -2.03. The van der Waals surface area contributed by atoms with Crippen molar-refractivity contribution in [3.63, 3.8) is 0 Å². The van der Waals surface area contributed by atoms with E-state index < -0.39 is 0 Å². The first-order chi connectivity index (χ1) is 8.13. The minimum absolute atomic E-state index is 0.271. The third-order valence-electron chi connectivity index (χ3n) is 2.70. The molecule has 0 aliphatic carbocycles. The molecule has 0 saturated carbocycles. The van der Waals surface area contributed by atoms with E-state index in [4.69, 9.17) is 5.73 Å². The second kappa shape index (κ2) is 4.37. The Morgan fingerprint density at radius 2 is 2.24 bits per heavy atom. The number of aryl methyl sites for hydroxylation is 1. The molecule has 2 heterocycles. The fourth-order valence-electron chi connectivity index (χ4n) is 1.97. The number of carbonyl (C=O) groups is 1. The normalized spacial score (nSPS) is 10.5. The van der Waals surface area contributed by atoms with Gasteiger partial charge in [-0.1, -0.05) is 0 Å². The molecule has 5 heteroatoms. The van der Waals surface area contributed by atoms with E-state index in [0.717, 1.165) is 28.8 Å². The Morgan fingerprint density at radius 3 is 2.88 bits per heavy atom. The highest BCUT2D eigenvalue weighted by atomic mass is 16.1. The summed E-state index contributed by atoms with van der Waals surface area (Å²) < 4.78 is 1.69. The maximum absolute atomic E-state index is 10.5. The van der Waals surface area contributed by atoms with Crippen LogP contribution >= 0.6 is 0 Å². The van der Waals surface area contributed by atoms with E-state index in [9.17, 15) is 4.79 Å². The van der Waals surface area contributed by atoms with Gasteiger partial charge in [0.05, 0.1) is 12.2 Å². The average Bonchev–Trinajstić information content (AvgIpc) is 2.55. The van der Waals surface area contributed by atoms with Crippen LogP contribution in [0.3, 0.4) is 0 Å². The highest BCUT2D eigenvalue weighted by Gasteiger charge is 2.13. The van der Waals surface area contributed by atoms with E-state index in [1.165, 1.54) is 0 Å². The Hall–Kier alpha value is -2.17. The van der Waals surface area contributed by atoms with Gasteiger partial charge in [-0.25, -0.2) is 4.98 Å². The average molecular weight is 230 g/mol. The molecule has 0 amide bonds. The van der Waals surface area contributed by atoms with Crippen molar-refractivity contribution in [1.82, 2.24) is 14.8 Å². The van der Waals surface area contributed by atoms with Crippen LogP contribution < -0.4 is 5.73 Å². The van der Waals surface area contributed by atoms with Crippen molar-refractivity contribution in [1.29, 1.82) is 0 Å². The van der Waals surface area contributed by atoms with E-state index in [2.05, 4.69) is 10.1 Å². The molecule has 2 rings (SSSR count). The number of nitrogens with zero attached hydrogens (tertiary/aromatic N) is 3. The molecule has 0 fully saturated rings. The molecule has 0 bridgehead atoms. The van der Waals surface area contributed by atoms with E-state index in [1.54, 1.807) is 10.9 Å². The molecule has 0 aromatic carbocycles. The molecule has 0 unspecified atom stereocenters. The Morgan fingerprint density at radius 1 is 1.47 bits per heavy atom. The van der Waals surface area contributed by atoms with Crippen LogP contribution in [-0.4, -0.2) is 21.1 Å². The van der Waals surface area contributed by atoms with Crippen LogP contribution in [0.5, 0.6) is 0 Å². The highest BCUT2D eigenvalue weighted by Crippen LogP contribution is 2.27. The van der Waals surface area contributed by atoms with Crippen molar-refractivity contribution in [2.45, 2.75) is 20.4 Å². The Kier molecular flexibility index (Phi) is 2.91. The van der Waals surface area contributed by atoms with Gasteiger partial charge in [-0.3, -0.25) is 4.68 Å². The molecular weight excluding hydrogens is 216 g/mol. The summed E-state index contributed by atoms with van der Waals surface area (Å²) in [5.74, 6) is 0.476. The van der Waals surface area contributed by atoms with Gasteiger partial charge in [-0.2, -0.15) is 5.10 Å². The molecule has 5 nitrogen and oxygen atoms in total. The maximum atomic E-state index is 10.5. The number of aldehydes is 1. The summed E-state index contributed by atoms with van der Waals surface area (Å²) in [6, 6.07) is 3.70. The molecule has 2 N–H and O–H groups in total. The van der Waals surface area contributed by atoms with Gasteiger partial charge >= 0.3 is 0 Å². The minimum Gasteiger partial charge on any atom is -0.384 e. The zero-order chi connectivity index (χ0) is 12.4. The third kappa shape index (κ3) is 2.04. The number of aromatic nitrogens is 3. The van der Waals surface area contributed by atoms with Gasteiger partial charge in [0.1, 0.15) is 12.1 Å². The van der Waals surface area contributed by atoms with Crippen molar-refractivity contribution in [2.75, 3.05) is 5.73 Å². The van der Waals surface area contributed by atoms with E-state index in [-0.39, 0.29) is 6.54 Å². The van der Waals surface area contributed by atoms with Crippen LogP contribution in [0.15, 0.2) is 18.3 Å². The standard InChI is InChI=1S/C12H14N4O/c1-8-12(9(2)16(15-8)5-6-17)10-3-4-14-11(13)7-10/h3-4,6-7H,5H2,1-2H3,(H2,13,14). The summed E-state index contributed by atoms with van der Waals surface area (Å²) in [5.41, 5.74) is 9.50. The lowest BCUT2D eigenvalue weighted by molar-refractivity contribution is -0.108. The molecule has 17 heavy (non-hydrogen) atoms. The van der Waals surface area contributed by atoms with Gasteiger partial charge in [-0.15, -0.1) is 0 Å². The number of carbonyl (C=O) groups excluding carboxylic acids is 1. The first-order valence-electron chi connectivity index (χ1n) is 5.33. The van der Waals surface area contributed by atoms with Gasteiger partial charge in [0.25, 0.3) is 0 Å². The largest absolute Gasteiger partial charge is 0.384 e. The molecular formula is C12H14N4O. The van der Waals surface area contributed by atoms with Crippen molar-refractivity contribution in [3.8, 4) is 11.1 Å². The zero-order valence-corrected chi connectivity index (χ0v) is 9.84. The number of hydrogen-bond acceptors (Lipinski definition) is 4. The Balaban J connectivity index is 2.55. The van der Waals surface area contributed by atoms with Crippen molar-refractivity contribution >= 4 is 12.1 Å². The molecule has 0 spiro atoms. The van der Waals surface area contributed by atoms with Gasteiger partial charge < -0.3 is 10.5 Å². The molecule has 0 aliphatic rings. The predicted octanol–water partition coefficient (Wildman–Crippen LogP) is 1.34. The fourth-order valence-corrected chi connectivity index (χ4v) is 1.97. The second-order valence-corrected chi connectivity index (χ2v) is 3.86. The lowest BCUT2D eigenvalue weighted by Crippen LogP contribution is -2.03. The Bertz CT molecular complexity index is 560. The lowest BCUT2D eigenvalue weighted by atomic mass is 10.1. The van der Waals surface area contributed by atoms with Crippen LogP contribution in [0, 0.1) is 13.8 Å². The second-order valence-electron chi connectivity index (χ2n) is 3.86. The SMILES string of the molecule is Cc1nn(CC=O)c(C)c1-c1ccnc(N)c1. The van der Waals surface area contributed by atoms with Crippen LogP contribution in [0.1, 0.15) is 11.4 Å². The molecule has 2 aromatic rings. The summed E-state index contributed by atoms with van der Waals surface area (Å²) in [6.07, 6.45) is 2.50. The first kappa shape index (κ1) is 11.3. The summed E-state index contributed by atoms with van der Waals surface area (Å²) in [7, 11) is 0. The van der Waals surface area contributed by atoms with Crippen molar-refractivity contribution in [2.24, 2.45) is 0 Å². The highest BCUT2D eigenvalue weighted by molar-refractivity contribution is 5.70. The van der Waals surface area contributed by atoms with Gasteiger partial charge in [0, 0.05) is 17.5 Å². The first-order valence-corrected chi connectivity index (χ1v) is 5.33. The molecule has 0 aliphatic heterocycles. The number of nitrogen functional groups attached to an aromatic ring is 1. The predicted molar refractivity (Wildman–Crippen MR) is 65.4 cm³/mol.